The van der Waals surface area contributed by atoms with E-state index in [1.807, 2.05) is 0 Å². The van der Waals surface area contributed by atoms with E-state index in [4.69, 9.17) is 11.5 Å². The van der Waals surface area contributed by atoms with E-state index >= 15 is 0 Å². The molecule has 2 aliphatic heterocycles. The molecular formula is C17H21BrF2N6O. The second kappa shape index (κ2) is 7.81. The lowest BCUT2D eigenvalue weighted by molar-refractivity contribution is 0.0929. The highest BCUT2D eigenvalue weighted by Crippen LogP contribution is 2.24. The smallest absolute Gasteiger partial charge is 0.254 e. The molecule has 0 saturated carbocycles. The summed E-state index contributed by atoms with van der Waals surface area (Å²) in [5.74, 6) is -0.912. The summed E-state index contributed by atoms with van der Waals surface area (Å²) in [6.07, 6.45) is 1.23. The number of benzene rings is 1. The third-order valence-electron chi connectivity index (χ3n) is 4.77. The van der Waals surface area contributed by atoms with E-state index in [1.165, 1.54) is 0 Å². The zero-order valence-corrected chi connectivity index (χ0v) is 16.2. The number of hydrogen-bond acceptors (Lipinski definition) is 6. The summed E-state index contributed by atoms with van der Waals surface area (Å²) in [7, 11) is 0. The van der Waals surface area contributed by atoms with Crippen LogP contribution >= 0.6 is 15.9 Å². The maximum atomic E-state index is 13.7. The second-order valence-corrected chi connectivity index (χ2v) is 7.49. The molecule has 1 aromatic carbocycles. The molecule has 1 amide bonds. The molecule has 0 aromatic heterocycles. The Morgan fingerprint density at radius 1 is 1.37 bits per heavy atom. The Labute approximate surface area is 164 Å². The van der Waals surface area contributed by atoms with Crippen molar-refractivity contribution in [2.45, 2.75) is 18.4 Å². The number of amidine groups is 1. The van der Waals surface area contributed by atoms with Gasteiger partial charge < -0.3 is 27.0 Å². The van der Waals surface area contributed by atoms with Gasteiger partial charge in [0.2, 0.25) is 0 Å². The van der Waals surface area contributed by atoms with Gasteiger partial charge in [-0.3, -0.25) is 4.79 Å². The fourth-order valence-corrected chi connectivity index (χ4v) is 3.59. The number of nitrogens with zero attached hydrogens (tertiary/aromatic N) is 2. The fraction of sp³-hybridized carbons (Fsp3) is 0.412. The third kappa shape index (κ3) is 4.38. The van der Waals surface area contributed by atoms with E-state index in [2.05, 4.69) is 36.5 Å². The standard InChI is InChI=1S/C17H21BrF2N6O/c18-13-14(21)24-9-25-15(13)26-5-3-17(22,4-6-26)8-23-16(27)11-2-1-10(19)7-12(11)20/h1-2,7,24H,3-6,8-9,21-22H2,(H,23,27). The number of nitrogens with two attached hydrogens (primary N) is 2. The highest BCUT2D eigenvalue weighted by Gasteiger charge is 2.33. The van der Waals surface area contributed by atoms with Gasteiger partial charge in [-0.15, -0.1) is 0 Å². The molecule has 7 nitrogen and oxygen atoms in total. The molecule has 0 unspecified atom stereocenters. The third-order valence-corrected chi connectivity index (χ3v) is 5.55. The van der Waals surface area contributed by atoms with Gasteiger partial charge in [-0.25, -0.2) is 13.8 Å². The average Bonchev–Trinajstić information content (AvgIpc) is 2.63. The number of piperidine rings is 1. The summed E-state index contributed by atoms with van der Waals surface area (Å²) >= 11 is 3.44. The van der Waals surface area contributed by atoms with Crippen LogP contribution in [0.2, 0.25) is 0 Å². The maximum absolute atomic E-state index is 13.7. The molecule has 1 aromatic rings. The molecule has 146 valence electrons. The molecule has 0 bridgehead atoms. The molecule has 1 saturated heterocycles. The van der Waals surface area contributed by atoms with Crippen molar-refractivity contribution in [1.82, 2.24) is 15.5 Å². The van der Waals surface area contributed by atoms with Crippen LogP contribution < -0.4 is 22.1 Å². The van der Waals surface area contributed by atoms with Crippen molar-refractivity contribution >= 4 is 27.7 Å². The van der Waals surface area contributed by atoms with Gasteiger partial charge in [0.15, 0.2) is 0 Å². The van der Waals surface area contributed by atoms with Crippen LogP contribution in [0.3, 0.4) is 0 Å². The Hall–Kier alpha value is -2.20. The molecule has 6 N–H and O–H groups in total. The molecule has 0 spiro atoms. The Kier molecular flexibility index (Phi) is 5.66. The van der Waals surface area contributed by atoms with Crippen LogP contribution in [0.1, 0.15) is 23.2 Å². The summed E-state index contributed by atoms with van der Waals surface area (Å²) < 4.78 is 27.4. The zero-order chi connectivity index (χ0) is 19.6. The Morgan fingerprint density at radius 2 is 2.07 bits per heavy atom. The number of hydrogen-bond donors (Lipinski definition) is 4. The summed E-state index contributed by atoms with van der Waals surface area (Å²) in [4.78, 5) is 18.7. The van der Waals surface area contributed by atoms with Crippen LogP contribution in [0.25, 0.3) is 0 Å². The summed E-state index contributed by atoms with van der Waals surface area (Å²) in [6, 6.07) is 2.85. The normalized spacial score (nSPS) is 19.4. The first-order valence-corrected chi connectivity index (χ1v) is 9.29. The number of carbonyl (C=O) groups excluding carboxylic acids is 1. The summed E-state index contributed by atoms with van der Waals surface area (Å²) in [5.41, 5.74) is 11.5. The van der Waals surface area contributed by atoms with Crippen molar-refractivity contribution in [1.29, 1.82) is 0 Å². The number of halogens is 3. The highest BCUT2D eigenvalue weighted by atomic mass is 79.9. The molecule has 2 aliphatic rings. The number of amides is 1. The first kappa shape index (κ1) is 19.6. The highest BCUT2D eigenvalue weighted by molar-refractivity contribution is 9.12. The van der Waals surface area contributed by atoms with Crippen molar-refractivity contribution in [3.05, 3.63) is 45.7 Å². The Balaban J connectivity index is 1.56. The quantitative estimate of drug-likeness (QED) is 0.557. The zero-order valence-electron chi connectivity index (χ0n) is 14.6. The molecular weight excluding hydrogens is 422 g/mol. The minimum atomic E-state index is -0.897. The Bertz CT molecular complexity index is 805. The van der Waals surface area contributed by atoms with Crippen LogP contribution in [0.5, 0.6) is 0 Å². The van der Waals surface area contributed by atoms with Crippen LogP contribution in [-0.4, -0.2) is 48.5 Å². The minimum Gasteiger partial charge on any atom is -0.384 e. The first-order valence-electron chi connectivity index (χ1n) is 8.50. The summed E-state index contributed by atoms with van der Waals surface area (Å²) in [6.45, 7) is 1.92. The predicted molar refractivity (Wildman–Crippen MR) is 102 cm³/mol. The molecule has 0 atom stereocenters. The molecule has 0 radical (unpaired) electrons. The van der Waals surface area contributed by atoms with E-state index in [0.717, 1.165) is 22.5 Å². The van der Waals surface area contributed by atoms with Crippen molar-refractivity contribution < 1.29 is 13.6 Å². The number of carbonyl (C=O) groups is 1. The number of nitrogens with one attached hydrogen (secondary N) is 2. The van der Waals surface area contributed by atoms with Gasteiger partial charge in [0.25, 0.3) is 5.91 Å². The monoisotopic (exact) mass is 442 g/mol. The fourth-order valence-electron chi connectivity index (χ4n) is 3.07. The second-order valence-electron chi connectivity index (χ2n) is 6.70. The maximum Gasteiger partial charge on any atom is 0.254 e. The van der Waals surface area contributed by atoms with Crippen LogP contribution in [-0.2, 0) is 0 Å². The molecule has 1 fully saturated rings. The summed E-state index contributed by atoms with van der Waals surface area (Å²) in [5, 5.41) is 5.60. The van der Waals surface area contributed by atoms with Gasteiger partial charge in [0.1, 0.15) is 30.0 Å². The van der Waals surface area contributed by atoms with Gasteiger partial charge in [-0.05, 0) is 40.9 Å². The Morgan fingerprint density at radius 3 is 2.74 bits per heavy atom. The van der Waals surface area contributed by atoms with E-state index in [-0.39, 0.29) is 12.1 Å². The number of likely N-dealkylation sites (tertiary alicyclic amines) is 1. The average molecular weight is 443 g/mol. The minimum absolute atomic E-state index is 0.198. The molecule has 27 heavy (non-hydrogen) atoms. The van der Waals surface area contributed by atoms with Gasteiger partial charge in [-0.1, -0.05) is 0 Å². The topological polar surface area (TPSA) is 109 Å². The van der Waals surface area contributed by atoms with Gasteiger partial charge in [0, 0.05) is 31.2 Å². The van der Waals surface area contributed by atoms with Gasteiger partial charge in [0.05, 0.1) is 10.0 Å². The lowest BCUT2D eigenvalue weighted by atomic mass is 9.88. The number of rotatable bonds is 3. The van der Waals surface area contributed by atoms with E-state index in [0.29, 0.717) is 44.5 Å². The number of aliphatic imine (C=N–C) groups is 1. The van der Waals surface area contributed by atoms with E-state index in [1.54, 1.807) is 0 Å². The molecule has 0 aliphatic carbocycles. The van der Waals surface area contributed by atoms with Gasteiger partial charge in [-0.2, -0.15) is 0 Å². The molecule has 3 rings (SSSR count). The largest absolute Gasteiger partial charge is 0.384 e. The van der Waals surface area contributed by atoms with Crippen LogP contribution in [0, 0.1) is 11.6 Å². The van der Waals surface area contributed by atoms with Crippen molar-refractivity contribution in [2.75, 3.05) is 26.3 Å². The molecule has 10 heteroatoms. The van der Waals surface area contributed by atoms with Crippen LogP contribution in [0.4, 0.5) is 8.78 Å². The van der Waals surface area contributed by atoms with E-state index in [9.17, 15) is 13.6 Å². The van der Waals surface area contributed by atoms with E-state index < -0.39 is 23.1 Å². The van der Waals surface area contributed by atoms with Crippen LogP contribution in [0.15, 0.2) is 33.5 Å². The lowest BCUT2D eigenvalue weighted by Gasteiger charge is -2.41. The predicted octanol–water partition coefficient (Wildman–Crippen LogP) is 0.970. The van der Waals surface area contributed by atoms with Gasteiger partial charge >= 0.3 is 0 Å². The first-order chi connectivity index (χ1) is 12.8. The lowest BCUT2D eigenvalue weighted by Crippen LogP contribution is -2.57. The molecule has 2 heterocycles. The SMILES string of the molecule is NC1=C(Br)C(N2CCC(N)(CNC(=O)c3ccc(F)cc3F)CC2)=NCN1. The van der Waals surface area contributed by atoms with Crippen molar-refractivity contribution in [3.8, 4) is 0 Å². The van der Waals surface area contributed by atoms with Crippen molar-refractivity contribution in [2.24, 2.45) is 16.5 Å². The van der Waals surface area contributed by atoms with Crippen molar-refractivity contribution in [3.63, 3.8) is 0 Å².